The van der Waals surface area contributed by atoms with E-state index < -0.39 is 5.54 Å². The van der Waals surface area contributed by atoms with Gasteiger partial charge in [-0.25, -0.2) is 4.79 Å². The predicted octanol–water partition coefficient (Wildman–Crippen LogP) is 3.32. The third kappa shape index (κ3) is 5.06. The second-order valence-electron chi connectivity index (χ2n) is 5.60. The summed E-state index contributed by atoms with van der Waals surface area (Å²) in [5, 5.41) is 16.9. The summed E-state index contributed by atoms with van der Waals surface area (Å²) in [6.07, 6.45) is 0.420. The fraction of sp³-hybridized carbons (Fsp3) is 0.353. The van der Waals surface area contributed by atoms with Gasteiger partial charge in [0.05, 0.1) is 12.1 Å². The van der Waals surface area contributed by atoms with E-state index in [2.05, 4.69) is 10.6 Å². The van der Waals surface area contributed by atoms with Crippen LogP contribution in [0.1, 0.15) is 13.3 Å². The van der Waals surface area contributed by atoms with Crippen molar-refractivity contribution in [3.63, 3.8) is 0 Å². The SMILES string of the molecule is COC[C@@](C)(CCO)NC(=O)Nc1cccc(-c2cccs2)c1. The van der Waals surface area contributed by atoms with Crippen molar-refractivity contribution in [2.75, 3.05) is 25.6 Å². The molecule has 0 radical (unpaired) electrons. The summed E-state index contributed by atoms with van der Waals surface area (Å²) in [6.45, 7) is 2.15. The first kappa shape index (κ1) is 17.5. The number of methoxy groups -OCH3 is 1. The standard InChI is InChI=1S/C17H22N2O3S/c1-17(8-9-20,12-22-2)19-16(21)18-14-6-3-5-13(11-14)15-7-4-10-23-15/h3-7,10-11,20H,8-9,12H2,1-2H3,(H2,18,19,21)/t17-/m1/s1. The van der Waals surface area contributed by atoms with Crippen molar-refractivity contribution < 1.29 is 14.6 Å². The highest BCUT2D eigenvalue weighted by molar-refractivity contribution is 7.13. The Balaban J connectivity index is 2.04. The van der Waals surface area contributed by atoms with E-state index in [4.69, 9.17) is 9.84 Å². The molecule has 0 saturated carbocycles. The molecule has 124 valence electrons. The molecule has 23 heavy (non-hydrogen) atoms. The van der Waals surface area contributed by atoms with Crippen LogP contribution in [0.4, 0.5) is 10.5 Å². The molecule has 1 heterocycles. The zero-order valence-corrected chi connectivity index (χ0v) is 14.2. The summed E-state index contributed by atoms with van der Waals surface area (Å²) in [6, 6.07) is 11.4. The monoisotopic (exact) mass is 334 g/mol. The lowest BCUT2D eigenvalue weighted by Gasteiger charge is -2.29. The normalized spacial score (nSPS) is 13.3. The van der Waals surface area contributed by atoms with E-state index in [1.807, 2.05) is 48.7 Å². The van der Waals surface area contributed by atoms with Gasteiger partial charge < -0.3 is 20.5 Å². The molecule has 0 saturated heterocycles. The maximum absolute atomic E-state index is 12.2. The minimum absolute atomic E-state index is 0.0198. The van der Waals surface area contributed by atoms with Crippen molar-refractivity contribution >= 4 is 23.1 Å². The average molecular weight is 334 g/mol. The third-order valence-corrected chi connectivity index (χ3v) is 4.39. The molecule has 0 spiro atoms. The highest BCUT2D eigenvalue weighted by Gasteiger charge is 2.25. The second kappa shape index (κ2) is 8.10. The van der Waals surface area contributed by atoms with Crippen LogP contribution in [0.3, 0.4) is 0 Å². The Bertz CT molecular complexity index is 623. The van der Waals surface area contributed by atoms with Crippen molar-refractivity contribution in [1.29, 1.82) is 0 Å². The predicted molar refractivity (Wildman–Crippen MR) is 93.9 cm³/mol. The molecule has 2 rings (SSSR count). The molecule has 0 aliphatic carbocycles. The molecule has 0 unspecified atom stereocenters. The van der Waals surface area contributed by atoms with E-state index in [1.165, 1.54) is 0 Å². The van der Waals surface area contributed by atoms with E-state index in [1.54, 1.807) is 18.4 Å². The van der Waals surface area contributed by atoms with Crippen LogP contribution in [-0.2, 0) is 4.74 Å². The van der Waals surface area contributed by atoms with Crippen LogP contribution in [0, 0.1) is 0 Å². The largest absolute Gasteiger partial charge is 0.396 e. The number of nitrogens with one attached hydrogen (secondary N) is 2. The van der Waals surface area contributed by atoms with Gasteiger partial charge in [0.1, 0.15) is 0 Å². The first-order valence-corrected chi connectivity index (χ1v) is 8.27. The van der Waals surface area contributed by atoms with E-state index >= 15 is 0 Å². The van der Waals surface area contributed by atoms with Gasteiger partial charge >= 0.3 is 6.03 Å². The zero-order valence-electron chi connectivity index (χ0n) is 13.3. The summed E-state index contributed by atoms with van der Waals surface area (Å²) in [4.78, 5) is 13.4. The maximum Gasteiger partial charge on any atom is 0.319 e. The number of rotatable bonds is 7. The van der Waals surface area contributed by atoms with Crippen LogP contribution in [0.15, 0.2) is 41.8 Å². The number of carbonyl (C=O) groups excluding carboxylic acids is 1. The van der Waals surface area contributed by atoms with Gasteiger partial charge in [-0.2, -0.15) is 0 Å². The number of benzene rings is 1. The zero-order chi connectivity index (χ0) is 16.7. The number of urea groups is 1. The Morgan fingerprint density at radius 2 is 2.17 bits per heavy atom. The Hall–Kier alpha value is -1.89. The van der Waals surface area contributed by atoms with Crippen LogP contribution >= 0.6 is 11.3 Å². The number of anilines is 1. The number of aliphatic hydroxyl groups excluding tert-OH is 1. The molecule has 2 amide bonds. The molecule has 0 bridgehead atoms. The topological polar surface area (TPSA) is 70.6 Å². The number of hydrogen-bond acceptors (Lipinski definition) is 4. The van der Waals surface area contributed by atoms with E-state index in [0.717, 1.165) is 16.1 Å². The Morgan fingerprint density at radius 3 is 2.83 bits per heavy atom. The van der Waals surface area contributed by atoms with Crippen LogP contribution < -0.4 is 10.6 Å². The van der Waals surface area contributed by atoms with Crippen molar-refractivity contribution in [1.82, 2.24) is 5.32 Å². The van der Waals surface area contributed by atoms with Crippen molar-refractivity contribution in [2.45, 2.75) is 18.9 Å². The third-order valence-electron chi connectivity index (χ3n) is 3.47. The average Bonchev–Trinajstić information content (AvgIpc) is 3.01. The van der Waals surface area contributed by atoms with E-state index in [0.29, 0.717) is 13.0 Å². The summed E-state index contributed by atoms with van der Waals surface area (Å²) < 4.78 is 5.13. The quantitative estimate of drug-likeness (QED) is 0.727. The summed E-state index contributed by atoms with van der Waals surface area (Å²) in [5.41, 5.74) is 1.17. The summed E-state index contributed by atoms with van der Waals surface area (Å²) >= 11 is 1.65. The van der Waals surface area contributed by atoms with Crippen LogP contribution in [0.25, 0.3) is 10.4 Å². The van der Waals surface area contributed by atoms with Crippen molar-refractivity contribution in [3.05, 3.63) is 41.8 Å². The van der Waals surface area contributed by atoms with Crippen LogP contribution in [-0.4, -0.2) is 37.0 Å². The first-order chi connectivity index (χ1) is 11.1. The highest BCUT2D eigenvalue weighted by atomic mass is 32.1. The fourth-order valence-corrected chi connectivity index (χ4v) is 3.09. The molecule has 6 heteroatoms. The number of thiophene rings is 1. The molecule has 2 aromatic rings. The smallest absolute Gasteiger partial charge is 0.319 e. The Morgan fingerprint density at radius 1 is 1.35 bits per heavy atom. The molecule has 1 atom stereocenters. The molecular formula is C17H22N2O3S. The van der Waals surface area contributed by atoms with Gasteiger partial charge in [-0.15, -0.1) is 11.3 Å². The molecule has 0 fully saturated rings. The first-order valence-electron chi connectivity index (χ1n) is 7.39. The highest BCUT2D eigenvalue weighted by Crippen LogP contribution is 2.26. The van der Waals surface area contributed by atoms with Gasteiger partial charge in [0.2, 0.25) is 0 Å². The van der Waals surface area contributed by atoms with Gasteiger partial charge in [0, 0.05) is 24.3 Å². The number of amides is 2. The van der Waals surface area contributed by atoms with Gasteiger partial charge in [0.15, 0.2) is 0 Å². The summed E-state index contributed by atoms with van der Waals surface area (Å²) in [5.74, 6) is 0. The van der Waals surface area contributed by atoms with Crippen molar-refractivity contribution in [3.8, 4) is 10.4 Å². The lowest BCUT2D eigenvalue weighted by molar-refractivity contribution is 0.104. The van der Waals surface area contributed by atoms with Gasteiger partial charge in [-0.3, -0.25) is 0 Å². The van der Waals surface area contributed by atoms with Crippen LogP contribution in [0.2, 0.25) is 0 Å². The van der Waals surface area contributed by atoms with Gasteiger partial charge in [-0.1, -0.05) is 18.2 Å². The lowest BCUT2D eigenvalue weighted by Crippen LogP contribution is -2.51. The molecule has 1 aromatic carbocycles. The lowest BCUT2D eigenvalue weighted by atomic mass is 10.00. The van der Waals surface area contributed by atoms with Gasteiger partial charge in [0.25, 0.3) is 0 Å². The van der Waals surface area contributed by atoms with E-state index in [9.17, 15) is 4.79 Å². The fourth-order valence-electron chi connectivity index (χ4n) is 2.37. The molecule has 5 nitrogen and oxygen atoms in total. The minimum Gasteiger partial charge on any atom is -0.396 e. The molecule has 0 aliphatic heterocycles. The molecule has 3 N–H and O–H groups in total. The number of carbonyl (C=O) groups is 1. The number of hydrogen-bond donors (Lipinski definition) is 3. The molecule has 1 aromatic heterocycles. The Labute approximate surface area is 140 Å². The van der Waals surface area contributed by atoms with Gasteiger partial charge in [-0.05, 0) is 42.5 Å². The number of aliphatic hydroxyl groups is 1. The second-order valence-corrected chi connectivity index (χ2v) is 6.55. The Kier molecular flexibility index (Phi) is 6.15. The minimum atomic E-state index is -0.612. The number of ether oxygens (including phenoxy) is 1. The van der Waals surface area contributed by atoms with E-state index in [-0.39, 0.29) is 12.6 Å². The summed E-state index contributed by atoms with van der Waals surface area (Å²) in [7, 11) is 1.57. The van der Waals surface area contributed by atoms with Crippen LogP contribution in [0.5, 0.6) is 0 Å². The van der Waals surface area contributed by atoms with Crippen molar-refractivity contribution in [2.24, 2.45) is 0 Å². The molecule has 0 aliphatic rings. The maximum atomic E-state index is 12.2. The molecular weight excluding hydrogens is 312 g/mol.